The van der Waals surface area contributed by atoms with Crippen molar-refractivity contribution in [2.45, 2.75) is 20.8 Å². The summed E-state index contributed by atoms with van der Waals surface area (Å²) in [5.74, 6) is 1.16. The molecule has 0 spiro atoms. The molecule has 0 aliphatic heterocycles. The maximum absolute atomic E-state index is 12.6. The summed E-state index contributed by atoms with van der Waals surface area (Å²) in [6, 6.07) is 11.6. The van der Waals surface area contributed by atoms with Gasteiger partial charge in [-0.3, -0.25) is 4.79 Å². The zero-order valence-electron chi connectivity index (χ0n) is 15.6. The van der Waals surface area contributed by atoms with Crippen LogP contribution in [0.25, 0.3) is 0 Å². The first-order chi connectivity index (χ1) is 12.0. The van der Waals surface area contributed by atoms with Gasteiger partial charge in [-0.25, -0.2) is 0 Å². The van der Waals surface area contributed by atoms with E-state index in [-0.39, 0.29) is 12.5 Å². The first kappa shape index (κ1) is 18.6. The second kappa shape index (κ2) is 8.42. The van der Waals surface area contributed by atoms with Crippen molar-refractivity contribution in [3.8, 4) is 11.5 Å². The summed E-state index contributed by atoms with van der Waals surface area (Å²) >= 11 is 0. The number of methoxy groups -OCH3 is 2. The number of carbonyl (C=O) groups excluding carboxylic acids is 1. The first-order valence-electron chi connectivity index (χ1n) is 8.32. The number of nitrogens with one attached hydrogen (secondary N) is 1. The number of nitrogens with zero attached hydrogens (tertiary/aromatic N) is 1. The van der Waals surface area contributed by atoms with E-state index in [1.54, 1.807) is 32.4 Å². The van der Waals surface area contributed by atoms with Crippen molar-refractivity contribution in [2.24, 2.45) is 0 Å². The second-order valence-corrected chi connectivity index (χ2v) is 5.92. The largest absolute Gasteiger partial charge is 0.497 e. The van der Waals surface area contributed by atoms with Crippen LogP contribution in [0.1, 0.15) is 18.1 Å². The predicted molar refractivity (Wildman–Crippen MR) is 102 cm³/mol. The molecule has 0 saturated heterocycles. The summed E-state index contributed by atoms with van der Waals surface area (Å²) in [7, 11) is 3.16. The third-order valence-electron chi connectivity index (χ3n) is 4.09. The summed E-state index contributed by atoms with van der Waals surface area (Å²) in [6.07, 6.45) is 0. The molecule has 2 aromatic rings. The van der Waals surface area contributed by atoms with Gasteiger partial charge in [0.15, 0.2) is 0 Å². The van der Waals surface area contributed by atoms with Crippen LogP contribution >= 0.6 is 0 Å². The molecule has 0 aliphatic carbocycles. The quantitative estimate of drug-likeness (QED) is 0.832. The van der Waals surface area contributed by atoms with Crippen LogP contribution in [0.15, 0.2) is 36.4 Å². The molecule has 0 aliphatic rings. The van der Waals surface area contributed by atoms with Crippen molar-refractivity contribution in [1.82, 2.24) is 0 Å². The Bertz CT molecular complexity index is 744. The molecule has 1 amide bonds. The molecule has 2 rings (SSSR count). The number of likely N-dealkylation sites (N-methyl/N-ethyl adjacent to an activating group) is 1. The second-order valence-electron chi connectivity index (χ2n) is 5.92. The Morgan fingerprint density at radius 1 is 1.08 bits per heavy atom. The highest BCUT2D eigenvalue weighted by molar-refractivity contribution is 5.95. The van der Waals surface area contributed by atoms with Gasteiger partial charge in [-0.1, -0.05) is 17.7 Å². The number of amides is 1. The van der Waals surface area contributed by atoms with E-state index in [2.05, 4.69) is 42.3 Å². The molecule has 0 saturated carbocycles. The Hall–Kier alpha value is -2.69. The third-order valence-corrected chi connectivity index (χ3v) is 4.09. The lowest BCUT2D eigenvalue weighted by molar-refractivity contribution is -0.115. The van der Waals surface area contributed by atoms with Crippen molar-refractivity contribution in [3.63, 3.8) is 0 Å². The Morgan fingerprint density at radius 2 is 1.84 bits per heavy atom. The Labute approximate surface area is 149 Å². The van der Waals surface area contributed by atoms with Crippen LogP contribution in [0.4, 0.5) is 11.4 Å². The van der Waals surface area contributed by atoms with E-state index < -0.39 is 0 Å². The molecule has 134 valence electrons. The van der Waals surface area contributed by atoms with Crippen molar-refractivity contribution < 1.29 is 14.3 Å². The monoisotopic (exact) mass is 342 g/mol. The van der Waals surface area contributed by atoms with Gasteiger partial charge in [0.25, 0.3) is 0 Å². The SMILES string of the molecule is CCN(CC(=O)Nc1cc(OC)ccc1OC)c1ccc(C)cc1C. The van der Waals surface area contributed by atoms with Gasteiger partial charge in [-0.15, -0.1) is 0 Å². The zero-order valence-corrected chi connectivity index (χ0v) is 15.6. The van der Waals surface area contributed by atoms with Crippen LogP contribution in [-0.2, 0) is 4.79 Å². The summed E-state index contributed by atoms with van der Waals surface area (Å²) < 4.78 is 10.5. The first-order valence-corrected chi connectivity index (χ1v) is 8.32. The van der Waals surface area contributed by atoms with Gasteiger partial charge in [-0.05, 0) is 44.5 Å². The van der Waals surface area contributed by atoms with Crippen LogP contribution in [0, 0.1) is 13.8 Å². The maximum Gasteiger partial charge on any atom is 0.243 e. The Morgan fingerprint density at radius 3 is 2.44 bits per heavy atom. The molecule has 2 aromatic carbocycles. The molecule has 0 aromatic heterocycles. The molecule has 0 radical (unpaired) electrons. The number of aryl methyl sites for hydroxylation is 2. The van der Waals surface area contributed by atoms with Crippen molar-refractivity contribution in [1.29, 1.82) is 0 Å². The summed E-state index contributed by atoms with van der Waals surface area (Å²) in [4.78, 5) is 14.6. The minimum absolute atomic E-state index is 0.103. The highest BCUT2D eigenvalue weighted by Crippen LogP contribution is 2.29. The minimum Gasteiger partial charge on any atom is -0.497 e. The predicted octanol–water partition coefficient (Wildman–Crippen LogP) is 3.79. The summed E-state index contributed by atoms with van der Waals surface area (Å²) in [5.41, 5.74) is 4.04. The number of carbonyl (C=O) groups is 1. The normalized spacial score (nSPS) is 10.3. The molecule has 0 unspecified atom stereocenters. The van der Waals surface area contributed by atoms with Gasteiger partial charge in [0.1, 0.15) is 11.5 Å². The molecule has 0 bridgehead atoms. The molecule has 25 heavy (non-hydrogen) atoms. The van der Waals surface area contributed by atoms with Crippen molar-refractivity contribution >= 4 is 17.3 Å². The lowest BCUT2D eigenvalue weighted by Crippen LogP contribution is -2.33. The van der Waals surface area contributed by atoms with E-state index in [4.69, 9.17) is 9.47 Å². The summed E-state index contributed by atoms with van der Waals surface area (Å²) in [5, 5.41) is 2.92. The fourth-order valence-corrected chi connectivity index (χ4v) is 2.80. The van der Waals surface area contributed by atoms with Crippen LogP contribution in [0.5, 0.6) is 11.5 Å². The van der Waals surface area contributed by atoms with Crippen LogP contribution in [0.3, 0.4) is 0 Å². The van der Waals surface area contributed by atoms with Crippen molar-refractivity contribution in [3.05, 3.63) is 47.5 Å². The zero-order chi connectivity index (χ0) is 18.4. The van der Waals surface area contributed by atoms with E-state index in [1.165, 1.54) is 5.56 Å². The van der Waals surface area contributed by atoms with E-state index >= 15 is 0 Å². The number of ether oxygens (including phenoxy) is 2. The van der Waals surface area contributed by atoms with Gasteiger partial charge in [0.05, 0.1) is 26.5 Å². The molecule has 5 heteroatoms. The van der Waals surface area contributed by atoms with Gasteiger partial charge < -0.3 is 19.7 Å². The molecule has 0 fully saturated rings. The van der Waals surface area contributed by atoms with Crippen LogP contribution < -0.4 is 19.7 Å². The van der Waals surface area contributed by atoms with E-state index in [1.807, 2.05) is 6.92 Å². The molecular weight excluding hydrogens is 316 g/mol. The molecular formula is C20H26N2O3. The smallest absolute Gasteiger partial charge is 0.243 e. The van der Waals surface area contributed by atoms with Crippen LogP contribution in [-0.4, -0.2) is 33.2 Å². The molecule has 1 N–H and O–H groups in total. The Balaban J connectivity index is 2.15. The van der Waals surface area contributed by atoms with Gasteiger partial charge in [-0.2, -0.15) is 0 Å². The molecule has 5 nitrogen and oxygen atoms in total. The maximum atomic E-state index is 12.6. The summed E-state index contributed by atoms with van der Waals surface area (Å²) in [6.45, 7) is 7.18. The van der Waals surface area contributed by atoms with Gasteiger partial charge in [0.2, 0.25) is 5.91 Å². The number of hydrogen-bond donors (Lipinski definition) is 1. The lowest BCUT2D eigenvalue weighted by Gasteiger charge is -2.25. The van der Waals surface area contributed by atoms with Crippen molar-refractivity contribution in [2.75, 3.05) is 37.5 Å². The van der Waals surface area contributed by atoms with Gasteiger partial charge in [0, 0.05) is 18.3 Å². The number of anilines is 2. The third kappa shape index (κ3) is 4.66. The van der Waals surface area contributed by atoms with Crippen LogP contribution in [0.2, 0.25) is 0 Å². The van der Waals surface area contributed by atoms with Gasteiger partial charge >= 0.3 is 0 Å². The number of rotatable bonds is 7. The Kier molecular flexibility index (Phi) is 6.28. The minimum atomic E-state index is -0.103. The topological polar surface area (TPSA) is 50.8 Å². The average Bonchev–Trinajstić information content (AvgIpc) is 2.60. The van der Waals surface area contributed by atoms with E-state index in [0.29, 0.717) is 17.2 Å². The molecule has 0 heterocycles. The highest BCUT2D eigenvalue weighted by atomic mass is 16.5. The molecule has 0 atom stereocenters. The number of benzene rings is 2. The fourth-order valence-electron chi connectivity index (χ4n) is 2.80. The highest BCUT2D eigenvalue weighted by Gasteiger charge is 2.14. The average molecular weight is 342 g/mol. The number of hydrogen-bond acceptors (Lipinski definition) is 4. The van der Waals surface area contributed by atoms with E-state index in [0.717, 1.165) is 17.8 Å². The standard InChI is InChI=1S/C20H26N2O3/c1-6-22(18-9-7-14(2)11-15(18)3)13-20(23)21-17-12-16(24-4)8-10-19(17)25-5/h7-12H,6,13H2,1-5H3,(H,21,23). The lowest BCUT2D eigenvalue weighted by atomic mass is 10.1. The van der Waals surface area contributed by atoms with E-state index in [9.17, 15) is 4.79 Å². The fraction of sp³-hybridized carbons (Fsp3) is 0.350.